The average molecular weight is 324 g/mol. The minimum absolute atomic E-state index is 0.151. The molecule has 0 fully saturated rings. The van der Waals surface area contributed by atoms with Gasteiger partial charge < -0.3 is 10.3 Å². The van der Waals surface area contributed by atoms with E-state index in [9.17, 15) is 4.39 Å². The Balaban J connectivity index is 2.22. The number of hydrogen-bond donors (Lipinski definition) is 1. The molecule has 2 N–H and O–H groups in total. The van der Waals surface area contributed by atoms with Crippen molar-refractivity contribution in [2.24, 2.45) is 0 Å². The molecule has 0 spiro atoms. The van der Waals surface area contributed by atoms with Crippen LogP contribution in [0.5, 0.6) is 0 Å². The summed E-state index contributed by atoms with van der Waals surface area (Å²) in [7, 11) is 0. The zero-order chi connectivity index (χ0) is 15.0. The topological polar surface area (TPSA) is 64.9 Å². The van der Waals surface area contributed by atoms with Crippen molar-refractivity contribution in [2.75, 3.05) is 5.73 Å². The Bertz CT molecular complexity index is 820. The predicted molar refractivity (Wildman–Crippen MR) is 79.6 cm³/mol. The molecule has 2 heterocycles. The van der Waals surface area contributed by atoms with E-state index in [1.54, 1.807) is 18.2 Å². The van der Waals surface area contributed by atoms with Crippen molar-refractivity contribution in [3.05, 3.63) is 52.5 Å². The molecule has 0 atom stereocenters. The van der Waals surface area contributed by atoms with E-state index in [1.165, 1.54) is 12.3 Å². The summed E-state index contributed by atoms with van der Waals surface area (Å²) in [4.78, 5) is 3.78. The monoisotopic (exact) mass is 323 g/mol. The smallest absolute Gasteiger partial charge is 0.178 e. The molecule has 0 unspecified atom stereocenters. The van der Waals surface area contributed by atoms with Gasteiger partial charge in [-0.15, -0.1) is 0 Å². The SMILES string of the molecule is Nc1noc(-c2cncc(F)c2)c1-c1ccc(Cl)cc1Cl. The fraction of sp³-hybridized carbons (Fsp3) is 0. The van der Waals surface area contributed by atoms with Crippen LogP contribution in [0.1, 0.15) is 0 Å². The van der Waals surface area contributed by atoms with E-state index in [2.05, 4.69) is 10.1 Å². The van der Waals surface area contributed by atoms with E-state index in [-0.39, 0.29) is 5.82 Å². The Morgan fingerprint density at radius 3 is 2.67 bits per heavy atom. The number of nitrogens with two attached hydrogens (primary N) is 1. The third-order valence-corrected chi connectivity index (χ3v) is 3.43. The maximum atomic E-state index is 13.3. The molecule has 3 rings (SSSR count). The van der Waals surface area contributed by atoms with Crippen LogP contribution in [0.3, 0.4) is 0 Å². The maximum absolute atomic E-state index is 13.3. The summed E-state index contributed by atoms with van der Waals surface area (Å²) in [5.41, 5.74) is 7.33. The zero-order valence-electron chi connectivity index (χ0n) is 10.5. The molecule has 0 aliphatic heterocycles. The Kier molecular flexibility index (Phi) is 3.53. The van der Waals surface area contributed by atoms with E-state index < -0.39 is 5.82 Å². The Labute approximate surface area is 129 Å². The van der Waals surface area contributed by atoms with Gasteiger partial charge >= 0.3 is 0 Å². The van der Waals surface area contributed by atoms with Gasteiger partial charge in [-0.05, 0) is 18.2 Å². The van der Waals surface area contributed by atoms with Crippen LogP contribution in [0.15, 0.2) is 41.2 Å². The van der Waals surface area contributed by atoms with Gasteiger partial charge in [-0.25, -0.2) is 4.39 Å². The molecule has 0 aliphatic carbocycles. The van der Waals surface area contributed by atoms with Crippen LogP contribution in [0.25, 0.3) is 22.5 Å². The number of halogens is 3. The molecule has 0 saturated heterocycles. The molecule has 2 aromatic heterocycles. The second kappa shape index (κ2) is 5.35. The van der Waals surface area contributed by atoms with Crippen molar-refractivity contribution >= 4 is 29.0 Å². The first kappa shape index (κ1) is 13.9. The first-order chi connectivity index (χ1) is 10.1. The number of hydrogen-bond acceptors (Lipinski definition) is 4. The summed E-state index contributed by atoms with van der Waals surface area (Å²) in [6, 6.07) is 6.23. The van der Waals surface area contributed by atoms with Gasteiger partial charge in [0.25, 0.3) is 0 Å². The second-order valence-corrected chi connectivity index (χ2v) is 5.13. The number of aromatic nitrogens is 2. The molecule has 0 radical (unpaired) electrons. The van der Waals surface area contributed by atoms with Crippen molar-refractivity contribution in [3.63, 3.8) is 0 Å². The summed E-state index contributed by atoms with van der Waals surface area (Å²) >= 11 is 12.1. The molecule has 4 nitrogen and oxygen atoms in total. The van der Waals surface area contributed by atoms with Crippen LogP contribution in [-0.2, 0) is 0 Å². The van der Waals surface area contributed by atoms with Gasteiger partial charge in [0.1, 0.15) is 5.82 Å². The molecule has 21 heavy (non-hydrogen) atoms. The van der Waals surface area contributed by atoms with Crippen molar-refractivity contribution in [2.45, 2.75) is 0 Å². The van der Waals surface area contributed by atoms with Crippen LogP contribution in [0.4, 0.5) is 10.2 Å². The van der Waals surface area contributed by atoms with Crippen LogP contribution in [-0.4, -0.2) is 10.1 Å². The van der Waals surface area contributed by atoms with Gasteiger partial charge in [0.05, 0.1) is 16.8 Å². The third-order valence-electron chi connectivity index (χ3n) is 2.89. The summed E-state index contributed by atoms with van der Waals surface area (Å²) in [5.74, 6) is -0.0437. The first-order valence-corrected chi connectivity index (χ1v) is 6.63. The lowest BCUT2D eigenvalue weighted by molar-refractivity contribution is 0.435. The molecule has 7 heteroatoms. The van der Waals surface area contributed by atoms with Crippen LogP contribution >= 0.6 is 23.2 Å². The molecule has 0 aliphatic rings. The lowest BCUT2D eigenvalue weighted by atomic mass is 10.0. The second-order valence-electron chi connectivity index (χ2n) is 4.29. The normalized spacial score (nSPS) is 10.8. The Hall–Kier alpha value is -2.11. The first-order valence-electron chi connectivity index (χ1n) is 5.88. The number of nitrogen functional groups attached to an aromatic ring is 1. The lowest BCUT2D eigenvalue weighted by Crippen LogP contribution is -1.90. The van der Waals surface area contributed by atoms with Crippen molar-refractivity contribution in [1.29, 1.82) is 0 Å². The zero-order valence-corrected chi connectivity index (χ0v) is 12.0. The van der Waals surface area contributed by atoms with Gasteiger partial charge in [0.15, 0.2) is 11.6 Å². The highest BCUT2D eigenvalue weighted by Gasteiger charge is 2.20. The standard InChI is InChI=1S/C14H8Cl2FN3O/c15-8-1-2-10(11(16)4-8)12-13(21-20-14(12)18)7-3-9(17)6-19-5-7/h1-6H,(H2,18,20). The van der Waals surface area contributed by atoms with Gasteiger partial charge in [-0.2, -0.15) is 0 Å². The summed E-state index contributed by atoms with van der Waals surface area (Å²) < 4.78 is 18.5. The van der Waals surface area contributed by atoms with E-state index in [0.29, 0.717) is 32.5 Å². The fourth-order valence-corrected chi connectivity index (χ4v) is 2.49. The summed E-state index contributed by atoms with van der Waals surface area (Å²) in [6.07, 6.45) is 2.55. The average Bonchev–Trinajstić information content (AvgIpc) is 2.81. The Morgan fingerprint density at radius 1 is 1.14 bits per heavy atom. The van der Waals surface area contributed by atoms with Crippen LogP contribution < -0.4 is 5.73 Å². The number of nitrogens with zero attached hydrogens (tertiary/aromatic N) is 2. The van der Waals surface area contributed by atoms with Gasteiger partial charge in [-0.3, -0.25) is 4.98 Å². The van der Waals surface area contributed by atoms with E-state index >= 15 is 0 Å². The van der Waals surface area contributed by atoms with Crippen LogP contribution in [0, 0.1) is 5.82 Å². The fourth-order valence-electron chi connectivity index (χ4n) is 1.99. The van der Waals surface area contributed by atoms with Gasteiger partial charge in [0, 0.05) is 22.3 Å². The third kappa shape index (κ3) is 2.57. The van der Waals surface area contributed by atoms with E-state index in [0.717, 1.165) is 6.20 Å². The van der Waals surface area contributed by atoms with Crippen LogP contribution in [0.2, 0.25) is 10.0 Å². The molecule has 3 aromatic rings. The largest absolute Gasteiger partial charge is 0.380 e. The molecule has 0 amide bonds. The molecule has 106 valence electrons. The molecule has 1 aromatic carbocycles. The number of benzene rings is 1. The highest BCUT2D eigenvalue weighted by molar-refractivity contribution is 6.36. The highest BCUT2D eigenvalue weighted by atomic mass is 35.5. The Morgan fingerprint density at radius 2 is 1.95 bits per heavy atom. The summed E-state index contributed by atoms with van der Waals surface area (Å²) in [5, 5.41) is 4.61. The van der Waals surface area contributed by atoms with E-state index in [4.69, 9.17) is 33.5 Å². The molecule has 0 bridgehead atoms. The molecular formula is C14H8Cl2FN3O. The van der Waals surface area contributed by atoms with Crippen molar-refractivity contribution in [3.8, 4) is 22.5 Å². The minimum atomic E-state index is -0.490. The molecule has 0 saturated carbocycles. The highest BCUT2D eigenvalue weighted by Crippen LogP contribution is 2.40. The quantitative estimate of drug-likeness (QED) is 0.757. The number of pyridine rings is 1. The number of rotatable bonds is 2. The van der Waals surface area contributed by atoms with Crippen molar-refractivity contribution in [1.82, 2.24) is 10.1 Å². The number of anilines is 1. The van der Waals surface area contributed by atoms with Crippen molar-refractivity contribution < 1.29 is 8.91 Å². The predicted octanol–water partition coefficient (Wildman–Crippen LogP) is 4.43. The van der Waals surface area contributed by atoms with Gasteiger partial charge in [0.2, 0.25) is 0 Å². The maximum Gasteiger partial charge on any atom is 0.178 e. The molecular weight excluding hydrogens is 316 g/mol. The minimum Gasteiger partial charge on any atom is -0.380 e. The van der Waals surface area contributed by atoms with E-state index in [1.807, 2.05) is 0 Å². The lowest BCUT2D eigenvalue weighted by Gasteiger charge is -2.05. The van der Waals surface area contributed by atoms with Gasteiger partial charge in [-0.1, -0.05) is 34.4 Å². The summed E-state index contributed by atoms with van der Waals surface area (Å²) in [6.45, 7) is 0.